The van der Waals surface area contributed by atoms with E-state index in [1.54, 1.807) is 0 Å². The number of rotatable bonds is 8. The molecule has 0 spiro atoms. The van der Waals surface area contributed by atoms with Gasteiger partial charge in [0.25, 0.3) is 10.2 Å². The van der Waals surface area contributed by atoms with E-state index >= 15 is 0 Å². The smallest absolute Gasteiger partial charge is 0.279 e. The van der Waals surface area contributed by atoms with Crippen LogP contribution in [-0.4, -0.2) is 81.1 Å². The Hall–Kier alpha value is -0.940. The van der Waals surface area contributed by atoms with E-state index in [4.69, 9.17) is 15.7 Å². The van der Waals surface area contributed by atoms with E-state index in [1.807, 2.05) is 11.8 Å². The average molecular weight is 323 g/mol. The molecule has 4 N–H and O–H groups in total. The van der Waals surface area contributed by atoms with Gasteiger partial charge in [-0.3, -0.25) is 4.90 Å². The fourth-order valence-electron chi connectivity index (χ4n) is 2.34. The van der Waals surface area contributed by atoms with E-state index in [-0.39, 0.29) is 18.4 Å². The maximum absolute atomic E-state index is 12.0. The SMILES string of the molecule is CCC(C(N)=NO)N1CCN(S(=O)(=O)NCCOC)CC1. The third-order valence-electron chi connectivity index (χ3n) is 3.49. The highest BCUT2D eigenvalue weighted by molar-refractivity contribution is 7.87. The fraction of sp³-hybridized carbons (Fsp3) is 0.909. The van der Waals surface area contributed by atoms with Crippen LogP contribution in [0.5, 0.6) is 0 Å². The number of hydrogen-bond donors (Lipinski definition) is 3. The van der Waals surface area contributed by atoms with Crippen LogP contribution >= 0.6 is 0 Å². The Kier molecular flexibility index (Phi) is 7.32. The minimum absolute atomic E-state index is 0.159. The fourth-order valence-corrected chi connectivity index (χ4v) is 3.51. The Labute approximate surface area is 125 Å². The second kappa shape index (κ2) is 8.49. The molecule has 1 heterocycles. The second-order valence-corrected chi connectivity index (χ2v) is 6.53. The minimum atomic E-state index is -3.47. The molecule has 9 nitrogen and oxygen atoms in total. The van der Waals surface area contributed by atoms with Crippen molar-refractivity contribution in [2.45, 2.75) is 19.4 Å². The molecule has 1 fully saturated rings. The van der Waals surface area contributed by atoms with Crippen LogP contribution in [-0.2, 0) is 14.9 Å². The highest BCUT2D eigenvalue weighted by Crippen LogP contribution is 2.11. The summed E-state index contributed by atoms with van der Waals surface area (Å²) in [6.45, 7) is 4.36. The first kappa shape index (κ1) is 18.1. The Morgan fingerprint density at radius 3 is 2.52 bits per heavy atom. The molecule has 10 heteroatoms. The summed E-state index contributed by atoms with van der Waals surface area (Å²) in [7, 11) is -1.95. The van der Waals surface area contributed by atoms with E-state index in [9.17, 15) is 8.42 Å². The molecule has 21 heavy (non-hydrogen) atoms. The van der Waals surface area contributed by atoms with Crippen LogP contribution in [0.1, 0.15) is 13.3 Å². The van der Waals surface area contributed by atoms with Crippen molar-refractivity contribution in [3.63, 3.8) is 0 Å². The quantitative estimate of drug-likeness (QED) is 0.166. The zero-order valence-corrected chi connectivity index (χ0v) is 13.3. The van der Waals surface area contributed by atoms with Crippen molar-refractivity contribution < 1.29 is 18.4 Å². The summed E-state index contributed by atoms with van der Waals surface area (Å²) in [5.74, 6) is 0.159. The van der Waals surface area contributed by atoms with Gasteiger partial charge < -0.3 is 15.7 Å². The molecule has 1 rings (SSSR count). The molecule has 0 aromatic heterocycles. The first-order valence-corrected chi connectivity index (χ1v) is 8.35. The molecule has 124 valence electrons. The molecule has 0 saturated carbocycles. The molecule has 0 radical (unpaired) electrons. The summed E-state index contributed by atoms with van der Waals surface area (Å²) < 4.78 is 32.8. The third kappa shape index (κ3) is 5.08. The van der Waals surface area contributed by atoms with Gasteiger partial charge in [0, 0.05) is 39.8 Å². The number of nitrogens with two attached hydrogens (primary N) is 1. The van der Waals surface area contributed by atoms with Gasteiger partial charge in [0.2, 0.25) is 0 Å². The van der Waals surface area contributed by atoms with E-state index in [1.165, 1.54) is 11.4 Å². The average Bonchev–Trinajstić information content (AvgIpc) is 2.48. The van der Waals surface area contributed by atoms with Crippen LogP contribution in [0, 0.1) is 0 Å². The van der Waals surface area contributed by atoms with Gasteiger partial charge in [-0.25, -0.2) is 0 Å². The Bertz CT molecular complexity index is 434. The van der Waals surface area contributed by atoms with Gasteiger partial charge in [-0.15, -0.1) is 0 Å². The van der Waals surface area contributed by atoms with Gasteiger partial charge in [-0.1, -0.05) is 12.1 Å². The molecule has 0 aliphatic carbocycles. The van der Waals surface area contributed by atoms with Crippen molar-refractivity contribution in [2.75, 3.05) is 46.4 Å². The van der Waals surface area contributed by atoms with Crippen LogP contribution in [0.4, 0.5) is 0 Å². The highest BCUT2D eigenvalue weighted by Gasteiger charge is 2.30. The highest BCUT2D eigenvalue weighted by atomic mass is 32.2. The van der Waals surface area contributed by atoms with Crippen LogP contribution < -0.4 is 10.5 Å². The van der Waals surface area contributed by atoms with E-state index in [0.717, 1.165) is 0 Å². The van der Waals surface area contributed by atoms with Gasteiger partial charge >= 0.3 is 0 Å². The number of nitrogens with one attached hydrogen (secondary N) is 1. The lowest BCUT2D eigenvalue weighted by molar-refractivity contribution is 0.159. The summed E-state index contributed by atoms with van der Waals surface area (Å²) in [5.41, 5.74) is 5.66. The number of ether oxygens (including phenoxy) is 1. The number of nitrogens with zero attached hydrogens (tertiary/aromatic N) is 3. The van der Waals surface area contributed by atoms with E-state index in [0.29, 0.717) is 39.2 Å². The summed E-state index contributed by atoms with van der Waals surface area (Å²) in [5, 5.41) is 11.8. The summed E-state index contributed by atoms with van der Waals surface area (Å²) in [6, 6.07) is -0.165. The molecule has 1 aliphatic heterocycles. The molecule has 0 aromatic rings. The summed E-state index contributed by atoms with van der Waals surface area (Å²) in [4.78, 5) is 2.02. The molecule has 0 amide bonds. The van der Waals surface area contributed by atoms with E-state index in [2.05, 4.69) is 9.88 Å². The molecular formula is C11H25N5O4S. The summed E-state index contributed by atoms with van der Waals surface area (Å²) >= 11 is 0. The molecule has 1 saturated heterocycles. The molecule has 1 atom stereocenters. The van der Waals surface area contributed by atoms with Crippen LogP contribution in [0.3, 0.4) is 0 Å². The molecular weight excluding hydrogens is 298 g/mol. The van der Waals surface area contributed by atoms with Crippen molar-refractivity contribution in [3.05, 3.63) is 0 Å². The predicted molar refractivity (Wildman–Crippen MR) is 79.4 cm³/mol. The third-order valence-corrected chi connectivity index (χ3v) is 5.10. The van der Waals surface area contributed by atoms with Crippen molar-refractivity contribution in [1.82, 2.24) is 13.9 Å². The van der Waals surface area contributed by atoms with Crippen LogP contribution in [0.25, 0.3) is 0 Å². The van der Waals surface area contributed by atoms with Gasteiger partial charge in [0.1, 0.15) is 0 Å². The molecule has 1 unspecified atom stereocenters. The standard InChI is InChI=1S/C11H25N5O4S/c1-3-10(11(12)14-17)15-5-7-16(8-6-15)21(18,19)13-4-9-20-2/h10,13,17H,3-9H2,1-2H3,(H2,12,14). The van der Waals surface area contributed by atoms with Crippen molar-refractivity contribution in [2.24, 2.45) is 10.9 Å². The van der Waals surface area contributed by atoms with Crippen molar-refractivity contribution in [1.29, 1.82) is 0 Å². The predicted octanol–water partition coefficient (Wildman–Crippen LogP) is -1.39. The van der Waals surface area contributed by atoms with Gasteiger partial charge in [0.05, 0.1) is 12.6 Å². The maximum atomic E-state index is 12.0. The number of methoxy groups -OCH3 is 1. The second-order valence-electron chi connectivity index (χ2n) is 4.78. The first-order chi connectivity index (χ1) is 9.96. The van der Waals surface area contributed by atoms with Gasteiger partial charge in [-0.05, 0) is 6.42 Å². The number of oxime groups is 1. The zero-order valence-electron chi connectivity index (χ0n) is 12.5. The Morgan fingerprint density at radius 1 is 1.43 bits per heavy atom. The first-order valence-electron chi connectivity index (χ1n) is 6.91. The zero-order chi connectivity index (χ0) is 15.9. The topological polar surface area (TPSA) is 120 Å². The van der Waals surface area contributed by atoms with Crippen LogP contribution in [0.2, 0.25) is 0 Å². The maximum Gasteiger partial charge on any atom is 0.279 e. The minimum Gasteiger partial charge on any atom is -0.409 e. The number of hydrogen-bond acceptors (Lipinski definition) is 6. The number of amidine groups is 1. The number of piperazine rings is 1. The van der Waals surface area contributed by atoms with E-state index < -0.39 is 10.2 Å². The lowest BCUT2D eigenvalue weighted by Gasteiger charge is -2.37. The Morgan fingerprint density at radius 2 is 2.05 bits per heavy atom. The Balaban J connectivity index is 2.55. The lowest BCUT2D eigenvalue weighted by Crippen LogP contribution is -2.56. The normalized spacial score (nSPS) is 20.6. The lowest BCUT2D eigenvalue weighted by atomic mass is 10.1. The van der Waals surface area contributed by atoms with Gasteiger partial charge in [-0.2, -0.15) is 17.4 Å². The van der Waals surface area contributed by atoms with Gasteiger partial charge in [0.15, 0.2) is 5.84 Å². The van der Waals surface area contributed by atoms with Crippen molar-refractivity contribution >= 4 is 16.0 Å². The largest absolute Gasteiger partial charge is 0.409 e. The van der Waals surface area contributed by atoms with Crippen LogP contribution in [0.15, 0.2) is 5.16 Å². The molecule has 0 bridgehead atoms. The van der Waals surface area contributed by atoms with Crippen molar-refractivity contribution in [3.8, 4) is 0 Å². The molecule has 1 aliphatic rings. The summed E-state index contributed by atoms with van der Waals surface area (Å²) in [6.07, 6.45) is 0.703. The molecule has 0 aromatic carbocycles. The monoisotopic (exact) mass is 323 g/mol.